The molecule has 1 N–H and O–H groups in total. The second-order valence-electron chi connectivity index (χ2n) is 3.71. The van der Waals surface area contributed by atoms with E-state index < -0.39 is 12.2 Å². The highest BCUT2D eigenvalue weighted by molar-refractivity contribution is 4.89. The predicted octanol–water partition coefficient (Wildman–Crippen LogP) is 2.10. The van der Waals surface area contributed by atoms with Gasteiger partial charge in [-0.3, -0.25) is 0 Å². The number of rotatable bonds is 6. The van der Waals surface area contributed by atoms with E-state index >= 15 is 0 Å². The lowest BCUT2D eigenvalue weighted by atomic mass is 9.97. The molecule has 0 aliphatic carbocycles. The summed E-state index contributed by atoms with van der Waals surface area (Å²) < 4.78 is 5.49. The van der Waals surface area contributed by atoms with E-state index in [4.69, 9.17) is 10.00 Å². The first-order valence-electron chi connectivity index (χ1n) is 5.29. The zero-order valence-electron chi connectivity index (χ0n) is 9.53. The first-order chi connectivity index (χ1) is 6.56. The summed E-state index contributed by atoms with van der Waals surface area (Å²) in [4.78, 5) is 0. The molecule has 3 heteroatoms. The molecule has 0 aliphatic rings. The Balaban J connectivity index is 4.22. The third-order valence-corrected chi connectivity index (χ3v) is 2.64. The maximum absolute atomic E-state index is 9.26. The van der Waals surface area contributed by atoms with Crippen LogP contribution in [0.5, 0.6) is 0 Å². The fourth-order valence-corrected chi connectivity index (χ4v) is 1.31. The second-order valence-corrected chi connectivity index (χ2v) is 3.71. The van der Waals surface area contributed by atoms with Gasteiger partial charge in [-0.15, -0.1) is 0 Å². The molecule has 0 amide bonds. The van der Waals surface area contributed by atoms with Gasteiger partial charge in [-0.05, 0) is 32.6 Å². The third kappa shape index (κ3) is 4.08. The Hall–Kier alpha value is -0.590. The van der Waals surface area contributed by atoms with Gasteiger partial charge in [-0.1, -0.05) is 13.8 Å². The predicted molar refractivity (Wildman–Crippen MR) is 55.7 cm³/mol. The van der Waals surface area contributed by atoms with Crippen molar-refractivity contribution in [2.75, 3.05) is 0 Å². The van der Waals surface area contributed by atoms with E-state index in [9.17, 15) is 5.11 Å². The van der Waals surface area contributed by atoms with Crippen LogP contribution in [0.15, 0.2) is 0 Å². The van der Waals surface area contributed by atoms with Crippen LogP contribution in [0, 0.1) is 17.2 Å². The molecule has 0 spiro atoms. The molecule has 0 aliphatic heterocycles. The average Bonchev–Trinajstić information content (AvgIpc) is 2.17. The van der Waals surface area contributed by atoms with Crippen molar-refractivity contribution in [2.45, 2.75) is 58.8 Å². The molecule has 3 atom stereocenters. The van der Waals surface area contributed by atoms with Crippen LogP contribution in [-0.2, 0) is 4.74 Å². The first kappa shape index (κ1) is 13.4. The number of ether oxygens (including phenoxy) is 1. The molecule has 3 unspecified atom stereocenters. The molecular formula is C11H21NO2. The smallest absolute Gasteiger partial charge is 0.147 e. The molecular weight excluding hydrogens is 178 g/mol. The first-order valence-corrected chi connectivity index (χ1v) is 5.29. The highest BCUT2D eigenvalue weighted by Gasteiger charge is 2.22. The maximum atomic E-state index is 9.26. The molecule has 0 fully saturated rings. The van der Waals surface area contributed by atoms with Crippen LogP contribution < -0.4 is 0 Å². The Morgan fingerprint density at radius 2 is 1.79 bits per heavy atom. The Bertz CT molecular complexity index is 182. The van der Waals surface area contributed by atoms with E-state index in [1.165, 1.54) is 0 Å². The van der Waals surface area contributed by atoms with Gasteiger partial charge in [0.25, 0.3) is 0 Å². The van der Waals surface area contributed by atoms with Crippen molar-refractivity contribution < 1.29 is 9.84 Å². The maximum Gasteiger partial charge on any atom is 0.147 e. The quantitative estimate of drug-likeness (QED) is 0.712. The monoisotopic (exact) mass is 199 g/mol. The molecule has 82 valence electrons. The highest BCUT2D eigenvalue weighted by atomic mass is 16.5. The van der Waals surface area contributed by atoms with Crippen molar-refractivity contribution >= 4 is 0 Å². The van der Waals surface area contributed by atoms with Crippen molar-refractivity contribution in [3.05, 3.63) is 0 Å². The van der Waals surface area contributed by atoms with Gasteiger partial charge in [-0.2, -0.15) is 5.26 Å². The van der Waals surface area contributed by atoms with Gasteiger partial charge in [0.2, 0.25) is 0 Å². The summed E-state index contributed by atoms with van der Waals surface area (Å²) in [7, 11) is 0. The molecule has 0 bridgehead atoms. The highest BCUT2D eigenvalue weighted by Crippen LogP contribution is 2.18. The van der Waals surface area contributed by atoms with Crippen LogP contribution in [0.25, 0.3) is 0 Å². The third-order valence-electron chi connectivity index (χ3n) is 2.64. The molecule has 0 aromatic rings. The minimum absolute atomic E-state index is 0.265. The van der Waals surface area contributed by atoms with Crippen LogP contribution in [-0.4, -0.2) is 23.4 Å². The van der Waals surface area contributed by atoms with Gasteiger partial charge < -0.3 is 9.84 Å². The van der Waals surface area contributed by atoms with Gasteiger partial charge in [0.1, 0.15) is 6.10 Å². The topological polar surface area (TPSA) is 53.2 Å². The van der Waals surface area contributed by atoms with Crippen LogP contribution in [0.3, 0.4) is 0 Å². The lowest BCUT2D eigenvalue weighted by Gasteiger charge is -2.24. The minimum Gasteiger partial charge on any atom is -0.391 e. The Morgan fingerprint density at radius 1 is 1.29 bits per heavy atom. The molecule has 0 saturated carbocycles. The van der Waals surface area contributed by atoms with Gasteiger partial charge in [0.05, 0.1) is 18.3 Å². The molecule has 3 nitrogen and oxygen atoms in total. The molecule has 0 rings (SSSR count). The fourth-order valence-electron chi connectivity index (χ4n) is 1.31. The van der Waals surface area contributed by atoms with Crippen LogP contribution in [0.2, 0.25) is 0 Å². The number of aliphatic hydroxyl groups is 1. The van der Waals surface area contributed by atoms with E-state index in [0.717, 1.165) is 12.8 Å². The Labute approximate surface area is 86.7 Å². The largest absolute Gasteiger partial charge is 0.391 e. The summed E-state index contributed by atoms with van der Waals surface area (Å²) in [5.41, 5.74) is 0. The number of nitriles is 1. The number of nitrogens with zero attached hydrogens (tertiary/aromatic N) is 1. The summed E-state index contributed by atoms with van der Waals surface area (Å²) in [5, 5.41) is 18.2. The van der Waals surface area contributed by atoms with Crippen molar-refractivity contribution in [1.82, 2.24) is 0 Å². The summed E-state index contributed by atoms with van der Waals surface area (Å²) in [6.07, 6.45) is 0.665. The van der Waals surface area contributed by atoms with Gasteiger partial charge in [0.15, 0.2) is 0 Å². The summed E-state index contributed by atoms with van der Waals surface area (Å²) >= 11 is 0. The standard InChI is InChI=1S/C11H21NO2/c1-5-10(6-2)11(7-12)14-9(4)8(3)13/h8-11,13H,5-6H2,1-4H3. The zero-order chi connectivity index (χ0) is 11.1. The van der Waals surface area contributed by atoms with E-state index in [1.54, 1.807) is 13.8 Å². The summed E-state index contributed by atoms with van der Waals surface area (Å²) in [6, 6.07) is 2.16. The molecule has 0 saturated heterocycles. The molecule has 0 radical (unpaired) electrons. The van der Waals surface area contributed by atoms with E-state index in [2.05, 4.69) is 19.9 Å². The number of hydrogen-bond donors (Lipinski definition) is 1. The molecule has 0 heterocycles. The molecule has 0 aromatic carbocycles. The van der Waals surface area contributed by atoms with Crippen molar-refractivity contribution in [2.24, 2.45) is 5.92 Å². The normalized spacial score (nSPS) is 17.5. The van der Waals surface area contributed by atoms with Gasteiger partial charge in [0, 0.05) is 0 Å². The lowest BCUT2D eigenvalue weighted by molar-refractivity contribution is -0.0608. The Morgan fingerprint density at radius 3 is 2.07 bits per heavy atom. The zero-order valence-corrected chi connectivity index (χ0v) is 9.53. The van der Waals surface area contributed by atoms with E-state index in [1.807, 2.05) is 0 Å². The van der Waals surface area contributed by atoms with Crippen LogP contribution in [0.4, 0.5) is 0 Å². The fraction of sp³-hybridized carbons (Fsp3) is 0.909. The number of hydrogen-bond acceptors (Lipinski definition) is 3. The van der Waals surface area contributed by atoms with Crippen LogP contribution >= 0.6 is 0 Å². The summed E-state index contributed by atoms with van der Waals surface area (Å²) in [6.45, 7) is 7.56. The lowest BCUT2D eigenvalue weighted by Crippen LogP contribution is -2.31. The summed E-state index contributed by atoms with van der Waals surface area (Å²) in [5.74, 6) is 0.265. The van der Waals surface area contributed by atoms with Crippen molar-refractivity contribution in [3.8, 4) is 6.07 Å². The van der Waals surface area contributed by atoms with Crippen molar-refractivity contribution in [1.29, 1.82) is 5.26 Å². The average molecular weight is 199 g/mol. The van der Waals surface area contributed by atoms with Gasteiger partial charge >= 0.3 is 0 Å². The second kappa shape index (κ2) is 6.80. The van der Waals surface area contributed by atoms with E-state index in [0.29, 0.717) is 0 Å². The molecule has 0 aromatic heterocycles. The van der Waals surface area contributed by atoms with Crippen molar-refractivity contribution in [3.63, 3.8) is 0 Å². The van der Waals surface area contributed by atoms with Crippen LogP contribution in [0.1, 0.15) is 40.5 Å². The number of aliphatic hydroxyl groups excluding tert-OH is 1. The molecule has 14 heavy (non-hydrogen) atoms. The SMILES string of the molecule is CCC(CC)C(C#N)OC(C)C(C)O. The van der Waals surface area contributed by atoms with Gasteiger partial charge in [-0.25, -0.2) is 0 Å². The Kier molecular flexibility index (Phi) is 6.52. The minimum atomic E-state index is -0.528. The van der Waals surface area contributed by atoms with E-state index in [-0.39, 0.29) is 12.0 Å².